The van der Waals surface area contributed by atoms with E-state index in [0.29, 0.717) is 11.3 Å². The number of nitrogens with one attached hydrogen (secondary N) is 3. The van der Waals surface area contributed by atoms with E-state index in [4.69, 9.17) is 12.2 Å². The van der Waals surface area contributed by atoms with E-state index in [0.717, 1.165) is 18.2 Å². The number of rotatable bonds is 6. The quantitative estimate of drug-likeness (QED) is 0.176. The van der Waals surface area contributed by atoms with Crippen LogP contribution in [0.5, 0.6) is 0 Å². The molecule has 36 heavy (non-hydrogen) atoms. The van der Waals surface area contributed by atoms with Crippen molar-refractivity contribution in [3.63, 3.8) is 0 Å². The van der Waals surface area contributed by atoms with Crippen molar-refractivity contribution in [2.75, 3.05) is 10.6 Å². The molecule has 0 fully saturated rings. The number of non-ortho nitro benzene ring substituents is 1. The summed E-state index contributed by atoms with van der Waals surface area (Å²) in [7, 11) is 0. The van der Waals surface area contributed by atoms with Crippen LogP contribution >= 0.6 is 12.2 Å². The smallest absolute Gasteiger partial charge is 0.332 e. The number of carbonyl (C=O) groups is 2. The number of hydrogen-bond acceptors (Lipinski definition) is 5. The molecule has 0 atom stereocenters. The number of alkyl halides is 3. The minimum atomic E-state index is -4.53. The fraction of sp³-hybridized carbons (Fsp3) is 0.0417. The number of anilines is 2. The van der Waals surface area contributed by atoms with Gasteiger partial charge in [-0.15, -0.1) is 0 Å². The van der Waals surface area contributed by atoms with Crippen molar-refractivity contribution >= 4 is 52.3 Å². The molecule has 0 spiro atoms. The number of nitro groups is 1. The number of amides is 2. The largest absolute Gasteiger partial charge is 0.416 e. The molecule has 0 aliphatic heterocycles. The van der Waals surface area contributed by atoms with Gasteiger partial charge in [-0.2, -0.15) is 13.2 Å². The molecule has 8 nitrogen and oxygen atoms in total. The third-order valence-corrected chi connectivity index (χ3v) is 4.80. The first-order valence-corrected chi connectivity index (χ1v) is 10.6. The average Bonchev–Trinajstić information content (AvgIpc) is 2.83. The number of thiocarbonyl (C=S) groups is 1. The zero-order valence-electron chi connectivity index (χ0n) is 18.2. The van der Waals surface area contributed by atoms with E-state index in [1.54, 1.807) is 6.07 Å². The number of benzene rings is 3. The summed E-state index contributed by atoms with van der Waals surface area (Å²) < 4.78 is 38.5. The van der Waals surface area contributed by atoms with Crippen molar-refractivity contribution in [1.82, 2.24) is 5.32 Å². The van der Waals surface area contributed by atoms with Gasteiger partial charge in [0, 0.05) is 35.1 Å². The number of nitro benzene ring substituents is 1. The molecule has 0 aliphatic rings. The Bertz CT molecular complexity index is 1340. The lowest BCUT2D eigenvalue weighted by Crippen LogP contribution is -2.32. The van der Waals surface area contributed by atoms with Gasteiger partial charge in [-0.3, -0.25) is 25.0 Å². The second-order valence-corrected chi connectivity index (χ2v) is 7.65. The van der Waals surface area contributed by atoms with Crippen LogP contribution in [0.1, 0.15) is 21.5 Å². The Morgan fingerprint density at radius 2 is 1.61 bits per heavy atom. The molecule has 0 aliphatic carbocycles. The minimum Gasteiger partial charge on any atom is -0.332 e. The first kappa shape index (κ1) is 26.0. The average molecular weight is 514 g/mol. The Hall–Kier alpha value is -4.58. The molecule has 0 heterocycles. The standard InChI is InChI=1S/C24H17F3N4O4S/c25-24(26,27)17-4-2-5-19(14-17)28-22(33)16-8-10-18(11-9-16)29-23(36)30-21(32)12-7-15-3-1-6-20(13-15)31(34)35/h1-14H,(H,28,33)(H2,29,30,32,36)/b12-7+. The third kappa shape index (κ3) is 7.46. The molecule has 3 aromatic carbocycles. The lowest BCUT2D eigenvalue weighted by Gasteiger charge is -2.11. The molecule has 0 saturated heterocycles. The minimum absolute atomic E-state index is 0.000853. The van der Waals surface area contributed by atoms with E-state index in [-0.39, 0.29) is 22.1 Å². The van der Waals surface area contributed by atoms with Gasteiger partial charge in [0.15, 0.2) is 5.11 Å². The van der Waals surface area contributed by atoms with Crippen molar-refractivity contribution in [3.05, 3.63) is 106 Å². The Kier molecular flexibility index (Phi) is 8.12. The molecule has 3 aromatic rings. The molecular formula is C24H17F3N4O4S. The molecular weight excluding hydrogens is 497 g/mol. The number of nitrogens with zero attached hydrogens (tertiary/aromatic N) is 1. The summed E-state index contributed by atoms with van der Waals surface area (Å²) in [4.78, 5) is 34.7. The lowest BCUT2D eigenvalue weighted by atomic mass is 10.1. The summed E-state index contributed by atoms with van der Waals surface area (Å²) in [5, 5.41) is 18.4. The highest BCUT2D eigenvalue weighted by Gasteiger charge is 2.30. The van der Waals surface area contributed by atoms with Crippen molar-refractivity contribution in [2.45, 2.75) is 6.18 Å². The van der Waals surface area contributed by atoms with E-state index >= 15 is 0 Å². The molecule has 3 rings (SSSR count). The number of hydrogen-bond donors (Lipinski definition) is 3. The van der Waals surface area contributed by atoms with Gasteiger partial charge in [0.2, 0.25) is 5.91 Å². The fourth-order valence-corrected chi connectivity index (χ4v) is 3.13. The number of carbonyl (C=O) groups excluding carboxylic acids is 2. The Balaban J connectivity index is 1.54. The molecule has 0 saturated carbocycles. The van der Waals surface area contributed by atoms with Crippen LogP contribution < -0.4 is 16.0 Å². The first-order valence-electron chi connectivity index (χ1n) is 10.1. The van der Waals surface area contributed by atoms with Crippen LogP contribution in [0.25, 0.3) is 6.08 Å². The highest BCUT2D eigenvalue weighted by atomic mass is 32.1. The Morgan fingerprint density at radius 3 is 2.28 bits per heavy atom. The van der Waals surface area contributed by atoms with Crippen LogP contribution in [0.3, 0.4) is 0 Å². The lowest BCUT2D eigenvalue weighted by molar-refractivity contribution is -0.384. The molecule has 2 amide bonds. The molecule has 0 unspecified atom stereocenters. The summed E-state index contributed by atoms with van der Waals surface area (Å²) in [6.07, 6.45) is -1.98. The van der Waals surface area contributed by atoms with Gasteiger partial charge in [0.25, 0.3) is 11.6 Å². The Labute approximate surface area is 208 Å². The normalized spacial score (nSPS) is 11.1. The summed E-state index contributed by atoms with van der Waals surface area (Å²) >= 11 is 5.07. The second-order valence-electron chi connectivity index (χ2n) is 7.24. The summed E-state index contributed by atoms with van der Waals surface area (Å²) in [6.45, 7) is 0. The first-order chi connectivity index (χ1) is 17.0. The van der Waals surface area contributed by atoms with Crippen LogP contribution in [-0.2, 0) is 11.0 Å². The van der Waals surface area contributed by atoms with Crippen LogP contribution in [0, 0.1) is 10.1 Å². The van der Waals surface area contributed by atoms with E-state index < -0.39 is 28.5 Å². The maximum atomic E-state index is 12.8. The molecule has 0 radical (unpaired) electrons. The van der Waals surface area contributed by atoms with Crippen molar-refractivity contribution < 1.29 is 27.7 Å². The molecule has 12 heteroatoms. The fourth-order valence-electron chi connectivity index (χ4n) is 2.91. The predicted molar refractivity (Wildman–Crippen MR) is 132 cm³/mol. The van der Waals surface area contributed by atoms with E-state index in [9.17, 15) is 32.9 Å². The number of halogens is 3. The zero-order chi connectivity index (χ0) is 26.3. The summed E-state index contributed by atoms with van der Waals surface area (Å²) in [5.41, 5.74) is 0.0970. The van der Waals surface area contributed by atoms with Crippen LogP contribution in [-0.4, -0.2) is 21.9 Å². The van der Waals surface area contributed by atoms with Gasteiger partial charge in [0.1, 0.15) is 0 Å². The van der Waals surface area contributed by atoms with Gasteiger partial charge >= 0.3 is 6.18 Å². The van der Waals surface area contributed by atoms with E-state index in [2.05, 4.69) is 16.0 Å². The summed E-state index contributed by atoms with van der Waals surface area (Å²) in [6, 6.07) is 15.9. The van der Waals surface area contributed by atoms with E-state index in [1.807, 2.05) is 0 Å². The zero-order valence-corrected chi connectivity index (χ0v) is 19.0. The van der Waals surface area contributed by atoms with E-state index in [1.165, 1.54) is 60.7 Å². The predicted octanol–water partition coefficient (Wildman–Crippen LogP) is 5.39. The summed E-state index contributed by atoms with van der Waals surface area (Å²) in [5.74, 6) is -1.18. The van der Waals surface area contributed by atoms with Gasteiger partial charge in [-0.05, 0) is 66.3 Å². The molecule has 184 valence electrons. The van der Waals surface area contributed by atoms with Gasteiger partial charge < -0.3 is 10.6 Å². The molecule has 3 N–H and O–H groups in total. The van der Waals surface area contributed by atoms with Gasteiger partial charge in [-0.1, -0.05) is 18.2 Å². The third-order valence-electron chi connectivity index (χ3n) is 4.60. The van der Waals surface area contributed by atoms with Crippen molar-refractivity contribution in [1.29, 1.82) is 0 Å². The Morgan fingerprint density at radius 1 is 0.917 bits per heavy atom. The van der Waals surface area contributed by atoms with Crippen LogP contribution in [0.15, 0.2) is 78.9 Å². The van der Waals surface area contributed by atoms with Crippen molar-refractivity contribution in [2.24, 2.45) is 0 Å². The maximum absolute atomic E-state index is 12.8. The monoisotopic (exact) mass is 514 g/mol. The van der Waals surface area contributed by atoms with Crippen molar-refractivity contribution in [3.8, 4) is 0 Å². The molecule has 0 aromatic heterocycles. The highest BCUT2D eigenvalue weighted by Crippen LogP contribution is 2.30. The highest BCUT2D eigenvalue weighted by molar-refractivity contribution is 7.80. The van der Waals surface area contributed by atoms with Crippen LogP contribution in [0.2, 0.25) is 0 Å². The molecule has 0 bridgehead atoms. The van der Waals surface area contributed by atoms with Gasteiger partial charge in [0.05, 0.1) is 10.5 Å². The van der Waals surface area contributed by atoms with Crippen LogP contribution in [0.4, 0.5) is 30.2 Å². The van der Waals surface area contributed by atoms with Gasteiger partial charge in [-0.25, -0.2) is 0 Å². The topological polar surface area (TPSA) is 113 Å². The SMILES string of the molecule is O=C(/C=C/c1cccc([N+](=O)[O-])c1)NC(=S)Nc1ccc(C(=O)Nc2cccc(C(F)(F)F)c2)cc1. The maximum Gasteiger partial charge on any atom is 0.416 e. The second kappa shape index (κ2) is 11.2.